The molecule has 36 heavy (non-hydrogen) atoms. The average molecular weight is 511 g/mol. The van der Waals surface area contributed by atoms with E-state index in [0.29, 0.717) is 0 Å². The van der Waals surface area contributed by atoms with E-state index < -0.39 is 0 Å². The predicted octanol–water partition coefficient (Wildman–Crippen LogP) is 9.09. The maximum atomic E-state index is 12.4. The maximum Gasteiger partial charge on any atom is 0.195 e. The third-order valence-corrected chi connectivity index (χ3v) is 8.66. The van der Waals surface area contributed by atoms with E-state index in [4.69, 9.17) is 0 Å². The number of hydrogen-bond acceptors (Lipinski definition) is 4. The smallest absolute Gasteiger partial charge is 0.195 e. The summed E-state index contributed by atoms with van der Waals surface area (Å²) in [5.74, 6) is 0. The summed E-state index contributed by atoms with van der Waals surface area (Å²) in [6.45, 7) is 12.2. The van der Waals surface area contributed by atoms with E-state index in [-0.39, 0.29) is 10.9 Å². The van der Waals surface area contributed by atoms with Crippen molar-refractivity contribution in [1.82, 2.24) is 0 Å². The molecule has 4 aromatic carbocycles. The van der Waals surface area contributed by atoms with Gasteiger partial charge in [-0.3, -0.25) is 9.59 Å². The van der Waals surface area contributed by atoms with Crippen molar-refractivity contribution in [3.8, 4) is 0 Å². The Kier molecular flexibility index (Phi) is 7.67. The zero-order valence-corrected chi connectivity index (χ0v) is 23.2. The topological polar surface area (TPSA) is 34.1 Å². The molecule has 0 fully saturated rings. The molecule has 2 aromatic heterocycles. The first kappa shape index (κ1) is 25.7. The van der Waals surface area contributed by atoms with Crippen LogP contribution in [0.25, 0.3) is 40.3 Å². The van der Waals surface area contributed by atoms with Gasteiger partial charge in [-0.15, -0.1) is 22.7 Å². The molecule has 0 aliphatic carbocycles. The van der Waals surface area contributed by atoms with Crippen LogP contribution < -0.4 is 10.9 Å². The molecule has 6 aromatic rings. The molecule has 2 nitrogen and oxygen atoms in total. The van der Waals surface area contributed by atoms with Gasteiger partial charge in [-0.05, 0) is 75.2 Å². The first-order chi connectivity index (χ1) is 17.3. The van der Waals surface area contributed by atoms with Crippen LogP contribution >= 0.6 is 22.7 Å². The monoisotopic (exact) mass is 510 g/mol. The van der Waals surface area contributed by atoms with Gasteiger partial charge in [-0.25, -0.2) is 0 Å². The molecule has 2 heterocycles. The van der Waals surface area contributed by atoms with Crippen LogP contribution in [-0.2, 0) is 0 Å². The summed E-state index contributed by atoms with van der Waals surface area (Å²) in [5, 5.41) is 3.36. The van der Waals surface area contributed by atoms with Gasteiger partial charge in [0.25, 0.3) is 0 Å². The van der Waals surface area contributed by atoms with E-state index in [1.165, 1.54) is 11.1 Å². The fraction of sp³-hybridized carbons (Fsp3) is 0.188. The molecule has 0 aliphatic heterocycles. The largest absolute Gasteiger partial charge is 0.289 e. The van der Waals surface area contributed by atoms with Crippen LogP contribution in [0.5, 0.6) is 0 Å². The van der Waals surface area contributed by atoms with Gasteiger partial charge in [-0.2, -0.15) is 0 Å². The predicted molar refractivity (Wildman–Crippen MR) is 161 cm³/mol. The second-order valence-electron chi connectivity index (χ2n) is 8.77. The molecule has 0 spiro atoms. The van der Waals surface area contributed by atoms with E-state index in [1.807, 2.05) is 88.4 Å². The van der Waals surface area contributed by atoms with E-state index in [0.717, 1.165) is 51.5 Å². The lowest BCUT2D eigenvalue weighted by atomic mass is 10.1. The molecule has 0 saturated carbocycles. The van der Waals surface area contributed by atoms with Crippen LogP contribution in [0.2, 0.25) is 0 Å². The second-order valence-corrected chi connectivity index (χ2v) is 10.9. The van der Waals surface area contributed by atoms with Gasteiger partial charge >= 0.3 is 0 Å². The van der Waals surface area contributed by atoms with Crippen molar-refractivity contribution in [2.24, 2.45) is 0 Å². The van der Waals surface area contributed by atoms with Crippen LogP contribution in [0.3, 0.4) is 0 Å². The zero-order chi connectivity index (χ0) is 26.0. The molecule has 0 bridgehead atoms. The Bertz CT molecular complexity index is 1710. The van der Waals surface area contributed by atoms with Crippen LogP contribution in [0.4, 0.5) is 0 Å². The van der Waals surface area contributed by atoms with Crippen molar-refractivity contribution in [1.29, 1.82) is 0 Å². The van der Waals surface area contributed by atoms with Gasteiger partial charge in [0.1, 0.15) is 0 Å². The summed E-state index contributed by atoms with van der Waals surface area (Å²) in [5.41, 5.74) is 4.98. The van der Waals surface area contributed by atoms with Gasteiger partial charge in [0.15, 0.2) is 10.9 Å². The fourth-order valence-corrected chi connectivity index (χ4v) is 6.75. The molecular weight excluding hydrogens is 480 g/mol. The highest BCUT2D eigenvalue weighted by atomic mass is 32.1. The number of fused-ring (bicyclic) bond motifs is 4. The lowest BCUT2D eigenvalue weighted by molar-refractivity contribution is 1.44. The molecule has 182 valence electrons. The van der Waals surface area contributed by atoms with Crippen molar-refractivity contribution in [2.45, 2.75) is 41.5 Å². The summed E-state index contributed by atoms with van der Waals surface area (Å²) in [7, 11) is 0. The highest BCUT2D eigenvalue weighted by Crippen LogP contribution is 2.29. The Labute approximate surface area is 219 Å². The molecular formula is C32H30O2S2. The Morgan fingerprint density at radius 1 is 0.500 bits per heavy atom. The molecule has 0 saturated heterocycles. The number of aryl methyl sites for hydroxylation is 4. The van der Waals surface area contributed by atoms with Crippen molar-refractivity contribution in [3.63, 3.8) is 0 Å². The molecule has 0 aliphatic rings. The van der Waals surface area contributed by atoms with Crippen LogP contribution in [0.1, 0.15) is 36.1 Å². The Balaban J connectivity index is 0.000000158. The standard InChI is InChI=1S/2C15H12OS.C2H6/c2*1-9-7-10(2)15-12(8-9)14(16)11-5-3-4-6-13(11)17-15;1-2/h2*3-8H,1-2H3;1-2H3. The molecule has 6 rings (SSSR count). The van der Waals surface area contributed by atoms with Crippen LogP contribution in [0.15, 0.2) is 82.4 Å². The fourth-order valence-electron chi connectivity index (χ4n) is 4.51. The number of hydrogen-bond donors (Lipinski definition) is 0. The maximum absolute atomic E-state index is 12.4. The van der Waals surface area contributed by atoms with Crippen molar-refractivity contribution in [3.05, 3.63) is 115 Å². The van der Waals surface area contributed by atoms with Gasteiger partial charge in [0.2, 0.25) is 0 Å². The molecule has 0 amide bonds. The van der Waals surface area contributed by atoms with Crippen molar-refractivity contribution in [2.75, 3.05) is 0 Å². The third kappa shape index (κ3) is 4.84. The molecule has 0 radical (unpaired) electrons. The second kappa shape index (κ2) is 10.7. The highest BCUT2D eigenvalue weighted by Gasteiger charge is 2.09. The minimum atomic E-state index is 0.154. The lowest BCUT2D eigenvalue weighted by Gasteiger charge is -2.05. The molecule has 4 heteroatoms. The van der Waals surface area contributed by atoms with Crippen LogP contribution in [0, 0.1) is 27.7 Å². The minimum absolute atomic E-state index is 0.154. The van der Waals surface area contributed by atoms with E-state index >= 15 is 0 Å². The van der Waals surface area contributed by atoms with E-state index in [1.54, 1.807) is 22.7 Å². The zero-order valence-electron chi connectivity index (χ0n) is 21.6. The summed E-state index contributed by atoms with van der Waals surface area (Å²) in [4.78, 5) is 24.8. The Hall–Kier alpha value is -3.34. The first-order valence-electron chi connectivity index (χ1n) is 12.2. The highest BCUT2D eigenvalue weighted by molar-refractivity contribution is 7.25. The Morgan fingerprint density at radius 3 is 1.25 bits per heavy atom. The SMILES string of the molecule is CC.Cc1cc(C)c2sc3ccccc3c(=O)c2c1.Cc1cc(C)c2sc3ccccc3c(=O)c2c1. The minimum Gasteiger partial charge on any atom is -0.289 e. The summed E-state index contributed by atoms with van der Waals surface area (Å²) < 4.78 is 4.35. The summed E-state index contributed by atoms with van der Waals surface area (Å²) >= 11 is 3.40. The summed E-state index contributed by atoms with van der Waals surface area (Å²) in [6, 6.07) is 23.9. The average Bonchev–Trinajstić information content (AvgIpc) is 2.88. The lowest BCUT2D eigenvalue weighted by Crippen LogP contribution is -2.01. The van der Waals surface area contributed by atoms with E-state index in [2.05, 4.69) is 26.0 Å². The molecule has 0 N–H and O–H groups in total. The first-order valence-corrected chi connectivity index (χ1v) is 13.8. The molecule has 0 unspecified atom stereocenters. The van der Waals surface area contributed by atoms with Gasteiger partial charge in [0, 0.05) is 40.3 Å². The Morgan fingerprint density at radius 2 is 0.861 bits per heavy atom. The number of benzene rings is 4. The quantitative estimate of drug-likeness (QED) is 0.191. The number of rotatable bonds is 0. The van der Waals surface area contributed by atoms with Gasteiger partial charge in [-0.1, -0.05) is 61.4 Å². The van der Waals surface area contributed by atoms with Crippen LogP contribution in [-0.4, -0.2) is 0 Å². The normalized spacial score (nSPS) is 10.7. The van der Waals surface area contributed by atoms with Gasteiger partial charge in [0.05, 0.1) is 0 Å². The third-order valence-electron chi connectivity index (χ3n) is 6.01. The summed E-state index contributed by atoms with van der Waals surface area (Å²) in [6.07, 6.45) is 0. The van der Waals surface area contributed by atoms with Crippen molar-refractivity contribution >= 4 is 63.0 Å². The van der Waals surface area contributed by atoms with Gasteiger partial charge < -0.3 is 0 Å². The van der Waals surface area contributed by atoms with E-state index in [9.17, 15) is 9.59 Å². The molecule has 0 atom stereocenters. The van der Waals surface area contributed by atoms with Crippen molar-refractivity contribution < 1.29 is 0 Å².